The standard InChI is InChI=1S/C19H23N3S.C2H6/c1-2-3-4-10-17-18(14-21-19(17)20)15-8-7-9-16(13-15)23-22-11-5-6-12-22;1-2/h2-3,7-10,13-14H,4-6,11-12H2,1H3,(H2,20,21);1-2H3/b3-2-,17-10+;. The van der Waals surface area contributed by atoms with Crippen LogP contribution in [0.2, 0.25) is 0 Å². The minimum atomic E-state index is 0.613. The molecule has 1 fully saturated rings. The summed E-state index contributed by atoms with van der Waals surface area (Å²) in [6.07, 6.45) is 11.7. The van der Waals surface area contributed by atoms with Crippen molar-refractivity contribution in [1.82, 2.24) is 4.31 Å². The van der Waals surface area contributed by atoms with Gasteiger partial charge in [0.05, 0.1) is 0 Å². The van der Waals surface area contributed by atoms with E-state index in [1.165, 1.54) is 36.4 Å². The van der Waals surface area contributed by atoms with Crippen LogP contribution in [0, 0.1) is 0 Å². The van der Waals surface area contributed by atoms with Crippen LogP contribution in [0.15, 0.2) is 64.2 Å². The van der Waals surface area contributed by atoms with Gasteiger partial charge in [0.25, 0.3) is 0 Å². The second-order valence-electron chi connectivity index (χ2n) is 5.73. The maximum Gasteiger partial charge on any atom is 0.131 e. The number of rotatable bonds is 5. The maximum atomic E-state index is 6.05. The second kappa shape index (κ2) is 10.3. The van der Waals surface area contributed by atoms with Gasteiger partial charge in [-0.25, -0.2) is 9.30 Å². The van der Waals surface area contributed by atoms with E-state index in [2.05, 4.69) is 51.8 Å². The van der Waals surface area contributed by atoms with Gasteiger partial charge in [-0.05, 0) is 55.8 Å². The van der Waals surface area contributed by atoms with Crippen molar-refractivity contribution in [2.75, 3.05) is 13.1 Å². The number of benzene rings is 1. The molecule has 2 aliphatic heterocycles. The second-order valence-corrected chi connectivity index (χ2v) is 6.91. The Morgan fingerprint density at radius 1 is 1.24 bits per heavy atom. The van der Waals surface area contributed by atoms with Crippen LogP contribution in [0.5, 0.6) is 0 Å². The van der Waals surface area contributed by atoms with Gasteiger partial charge in [-0.15, -0.1) is 0 Å². The molecule has 0 radical (unpaired) electrons. The summed E-state index contributed by atoms with van der Waals surface area (Å²) in [5, 5.41) is 0. The van der Waals surface area contributed by atoms with Gasteiger partial charge in [-0.2, -0.15) is 0 Å². The minimum Gasteiger partial charge on any atom is -0.383 e. The molecule has 0 bridgehead atoms. The molecular formula is C21H29N3S. The third kappa shape index (κ3) is 5.35. The number of hydrogen-bond acceptors (Lipinski definition) is 4. The molecule has 134 valence electrons. The summed E-state index contributed by atoms with van der Waals surface area (Å²) in [4.78, 5) is 5.59. The number of amidine groups is 1. The van der Waals surface area contributed by atoms with Crippen molar-refractivity contribution in [2.45, 2.75) is 44.9 Å². The SMILES string of the molecule is C/C=C\C/C=C1\C(c2cccc(SN3CCCC3)c2)=CN=C1N.CC. The Morgan fingerprint density at radius 3 is 2.72 bits per heavy atom. The van der Waals surface area contributed by atoms with Gasteiger partial charge < -0.3 is 5.73 Å². The number of hydrogen-bond donors (Lipinski definition) is 1. The van der Waals surface area contributed by atoms with Crippen LogP contribution in [0.25, 0.3) is 5.57 Å². The lowest BCUT2D eigenvalue weighted by atomic mass is 9.98. The molecule has 3 nitrogen and oxygen atoms in total. The Kier molecular flexibility index (Phi) is 8.02. The summed E-state index contributed by atoms with van der Waals surface area (Å²) in [5.41, 5.74) is 9.41. The summed E-state index contributed by atoms with van der Waals surface area (Å²) in [6.45, 7) is 8.39. The molecule has 2 N–H and O–H groups in total. The average molecular weight is 356 g/mol. The predicted octanol–water partition coefficient (Wildman–Crippen LogP) is 5.42. The normalized spacial score (nSPS) is 19.1. The molecule has 1 saturated heterocycles. The fraction of sp³-hybridized carbons (Fsp3) is 0.381. The van der Waals surface area contributed by atoms with E-state index in [0.29, 0.717) is 5.84 Å². The van der Waals surface area contributed by atoms with Crippen LogP contribution < -0.4 is 5.73 Å². The van der Waals surface area contributed by atoms with E-state index >= 15 is 0 Å². The number of aliphatic imine (C=N–C) groups is 1. The van der Waals surface area contributed by atoms with Crippen LogP contribution in [0.3, 0.4) is 0 Å². The lowest BCUT2D eigenvalue weighted by Crippen LogP contribution is -2.12. The molecule has 0 aliphatic carbocycles. The number of nitrogens with zero attached hydrogens (tertiary/aromatic N) is 2. The summed E-state index contributed by atoms with van der Waals surface area (Å²) < 4.78 is 2.44. The quantitative estimate of drug-likeness (QED) is 0.566. The molecule has 0 saturated carbocycles. The highest BCUT2D eigenvalue weighted by Crippen LogP contribution is 2.32. The highest BCUT2D eigenvalue weighted by Gasteiger charge is 2.18. The smallest absolute Gasteiger partial charge is 0.131 e. The van der Waals surface area contributed by atoms with Crippen molar-refractivity contribution < 1.29 is 0 Å². The molecule has 0 spiro atoms. The Balaban J connectivity index is 0.00000109. The third-order valence-electron chi connectivity index (χ3n) is 4.04. The van der Waals surface area contributed by atoms with E-state index in [1.54, 1.807) is 0 Å². The molecule has 25 heavy (non-hydrogen) atoms. The Hall–Kier alpha value is -1.78. The zero-order valence-corrected chi connectivity index (χ0v) is 16.4. The van der Waals surface area contributed by atoms with Gasteiger partial charge in [0.2, 0.25) is 0 Å². The first kappa shape index (κ1) is 19.5. The van der Waals surface area contributed by atoms with Gasteiger partial charge in [0.15, 0.2) is 0 Å². The maximum absolute atomic E-state index is 6.05. The lowest BCUT2D eigenvalue weighted by molar-refractivity contribution is 0.586. The topological polar surface area (TPSA) is 41.6 Å². The van der Waals surface area contributed by atoms with Crippen molar-refractivity contribution in [3.63, 3.8) is 0 Å². The molecule has 2 aliphatic rings. The first-order chi connectivity index (χ1) is 12.3. The third-order valence-corrected chi connectivity index (χ3v) is 5.13. The largest absolute Gasteiger partial charge is 0.383 e. The van der Waals surface area contributed by atoms with Crippen molar-refractivity contribution in [2.24, 2.45) is 10.7 Å². The highest BCUT2D eigenvalue weighted by atomic mass is 32.2. The zero-order valence-electron chi connectivity index (χ0n) is 15.5. The van der Waals surface area contributed by atoms with E-state index < -0.39 is 0 Å². The van der Waals surface area contributed by atoms with Gasteiger partial charge >= 0.3 is 0 Å². The first-order valence-corrected chi connectivity index (χ1v) is 9.94. The molecular weight excluding hydrogens is 326 g/mol. The van der Waals surface area contributed by atoms with Crippen LogP contribution >= 0.6 is 11.9 Å². The predicted molar refractivity (Wildman–Crippen MR) is 112 cm³/mol. The van der Waals surface area contributed by atoms with Gasteiger partial charge in [0.1, 0.15) is 5.84 Å². The van der Waals surface area contributed by atoms with Crippen LogP contribution in [0.4, 0.5) is 0 Å². The number of nitrogens with two attached hydrogens (primary N) is 1. The van der Waals surface area contributed by atoms with Crippen molar-refractivity contribution in [1.29, 1.82) is 0 Å². The summed E-state index contributed by atoms with van der Waals surface area (Å²) in [7, 11) is 0. The van der Waals surface area contributed by atoms with Gasteiger partial charge in [0, 0.05) is 35.3 Å². The lowest BCUT2D eigenvalue weighted by Gasteiger charge is -2.14. The van der Waals surface area contributed by atoms with Crippen LogP contribution in [-0.2, 0) is 0 Å². The molecule has 0 aromatic heterocycles. The molecule has 0 amide bonds. The summed E-state index contributed by atoms with van der Waals surface area (Å²) in [5.74, 6) is 0.613. The van der Waals surface area contributed by atoms with Gasteiger partial charge in [-0.1, -0.05) is 44.2 Å². The molecule has 2 heterocycles. The van der Waals surface area contributed by atoms with Gasteiger partial charge in [-0.3, -0.25) is 0 Å². The molecule has 0 unspecified atom stereocenters. The average Bonchev–Trinajstić information content (AvgIpc) is 3.28. The molecule has 1 aromatic rings. The minimum absolute atomic E-state index is 0.613. The Bertz CT molecular complexity index is 680. The van der Waals surface area contributed by atoms with Crippen molar-refractivity contribution >= 4 is 23.4 Å². The Morgan fingerprint density at radius 2 is 2.00 bits per heavy atom. The van der Waals surface area contributed by atoms with E-state index in [1.807, 2.05) is 38.9 Å². The van der Waals surface area contributed by atoms with Crippen molar-refractivity contribution in [3.05, 3.63) is 59.8 Å². The fourth-order valence-corrected chi connectivity index (χ4v) is 3.88. The number of allylic oxidation sites excluding steroid dienone is 3. The monoisotopic (exact) mass is 355 g/mol. The van der Waals surface area contributed by atoms with E-state index in [-0.39, 0.29) is 0 Å². The zero-order chi connectivity index (χ0) is 18.1. The molecule has 1 aromatic carbocycles. The molecule has 3 rings (SSSR count). The Labute approximate surface area is 156 Å². The fourth-order valence-electron chi connectivity index (χ4n) is 2.83. The van der Waals surface area contributed by atoms with Crippen LogP contribution in [-0.4, -0.2) is 23.2 Å². The van der Waals surface area contributed by atoms with E-state index in [4.69, 9.17) is 5.73 Å². The highest BCUT2D eigenvalue weighted by molar-refractivity contribution is 7.97. The van der Waals surface area contributed by atoms with E-state index in [9.17, 15) is 0 Å². The summed E-state index contributed by atoms with van der Waals surface area (Å²) >= 11 is 1.85. The molecule has 0 atom stereocenters. The van der Waals surface area contributed by atoms with Crippen LogP contribution in [0.1, 0.15) is 45.6 Å². The summed E-state index contributed by atoms with van der Waals surface area (Å²) in [6, 6.07) is 8.67. The van der Waals surface area contributed by atoms with E-state index in [0.717, 1.165) is 17.6 Å². The van der Waals surface area contributed by atoms with Crippen molar-refractivity contribution in [3.8, 4) is 0 Å². The molecule has 4 heteroatoms. The first-order valence-electron chi connectivity index (χ1n) is 9.17.